The van der Waals surface area contributed by atoms with Gasteiger partial charge in [0.1, 0.15) is 36.2 Å². The van der Waals surface area contributed by atoms with Crippen molar-refractivity contribution in [3.05, 3.63) is 120 Å². The van der Waals surface area contributed by atoms with Crippen LogP contribution >= 0.6 is 12.6 Å². The van der Waals surface area contributed by atoms with Gasteiger partial charge in [-0.25, -0.2) is 4.98 Å². The Labute approximate surface area is 364 Å². The number of nitrogens with zero attached hydrogens (tertiary/aromatic N) is 1. The minimum Gasteiger partial charge on any atom is -0.508 e. The number of aromatic nitrogens is 3. The number of aromatic hydroxyl groups is 1. The summed E-state index contributed by atoms with van der Waals surface area (Å²) in [5, 5.41) is 24.3. The number of carbonyl (C=O) groups excluding carboxylic acids is 6. The topological polar surface area (TPSA) is 279 Å². The summed E-state index contributed by atoms with van der Waals surface area (Å²) in [6.45, 7) is 0.338. The molecule has 3 aromatic carbocycles. The van der Waals surface area contributed by atoms with E-state index >= 15 is 0 Å². The number of phenolic OH excluding ortho intramolecular Hbond substituents is 1. The van der Waals surface area contributed by atoms with Crippen LogP contribution in [0.2, 0.25) is 0 Å². The molecule has 0 bridgehead atoms. The molecule has 5 aromatic rings. The quantitative estimate of drug-likeness (QED) is 0.0237. The van der Waals surface area contributed by atoms with Crippen LogP contribution < -0.4 is 38.1 Å². The number of aldehydes is 1. The van der Waals surface area contributed by atoms with E-state index in [1.54, 1.807) is 42.6 Å². The fourth-order valence-electron chi connectivity index (χ4n) is 6.87. The molecule has 0 fully saturated rings. The first kappa shape index (κ1) is 46.6. The maximum atomic E-state index is 14.4. The number of H-pyrrole nitrogens is 2. The molecule has 62 heavy (non-hydrogen) atoms. The minimum atomic E-state index is -1.24. The Bertz CT molecular complexity index is 2240. The minimum absolute atomic E-state index is 0.0185. The van der Waals surface area contributed by atoms with E-state index < -0.39 is 65.8 Å². The molecule has 17 nitrogen and oxygen atoms in total. The van der Waals surface area contributed by atoms with Gasteiger partial charge in [0.2, 0.25) is 29.5 Å². The molecule has 0 unspecified atom stereocenters. The number of fused-ring (bicyclic) bond motifs is 1. The summed E-state index contributed by atoms with van der Waals surface area (Å²) < 4.78 is 0. The standard InChI is InChI=1S/C44H54N10O7S/c45-17-7-6-12-36(51-44(61)39(25-62)54-40(57)34(46)21-30-23-47-26-49-30)41(58)52-37(19-27-8-2-1-3-9-27)43(60)53-38(20-29-22-48-35-11-5-4-10-33(29)35)42(59)50-31(24-55)18-28-13-15-32(56)16-14-28/h1-5,8-11,13-16,22-24,26,31,34,36-39,48,56,62H,6-7,12,17-21,25,45-46H2,(H,47,49)(H,50,59)(H,51,61)(H,52,58)(H,53,60)(H,54,57)/t31-,34-,36-,37-,38-,39-/m0/s1. The molecule has 0 radical (unpaired) electrons. The summed E-state index contributed by atoms with van der Waals surface area (Å²) in [4.78, 5) is 91.5. The molecule has 0 spiro atoms. The van der Waals surface area contributed by atoms with E-state index in [1.807, 2.05) is 30.3 Å². The van der Waals surface area contributed by atoms with E-state index in [0.717, 1.165) is 16.5 Å². The predicted octanol–water partition coefficient (Wildman–Crippen LogP) is 0.876. The lowest BCUT2D eigenvalue weighted by Crippen LogP contribution is -2.60. The Balaban J connectivity index is 1.36. The lowest BCUT2D eigenvalue weighted by molar-refractivity contribution is -0.134. The predicted molar refractivity (Wildman–Crippen MR) is 237 cm³/mol. The monoisotopic (exact) mass is 866 g/mol. The number of benzene rings is 3. The largest absolute Gasteiger partial charge is 0.508 e. The molecule has 5 rings (SSSR count). The molecular formula is C44H54N10O7S. The first-order chi connectivity index (χ1) is 30.0. The molecule has 0 aliphatic rings. The van der Waals surface area contributed by atoms with Gasteiger partial charge in [-0.15, -0.1) is 0 Å². The van der Waals surface area contributed by atoms with Crippen LogP contribution in [0.1, 0.15) is 41.6 Å². The highest BCUT2D eigenvalue weighted by atomic mass is 32.1. The summed E-state index contributed by atoms with van der Waals surface area (Å²) in [6, 6.07) is 16.0. The second-order valence-electron chi connectivity index (χ2n) is 15.0. The number of rotatable bonds is 24. The van der Waals surface area contributed by atoms with E-state index in [9.17, 15) is 33.9 Å². The Hall–Kier alpha value is -6.50. The number of imidazole rings is 1. The molecule has 2 aromatic heterocycles. The van der Waals surface area contributed by atoms with Gasteiger partial charge < -0.3 is 57.9 Å². The van der Waals surface area contributed by atoms with Crippen molar-refractivity contribution in [1.82, 2.24) is 41.5 Å². The molecule has 0 aliphatic heterocycles. The van der Waals surface area contributed by atoms with Crippen LogP contribution in [0, 0.1) is 0 Å². The summed E-state index contributed by atoms with van der Waals surface area (Å²) >= 11 is 4.27. The SMILES string of the molecule is NCCCC[C@H](NC(=O)[C@H](CS)NC(=O)[C@@H](N)Cc1cnc[nH]1)C(=O)N[C@@H](Cc1ccccc1)C(=O)N[C@@H](Cc1c[nH]c2ccccc12)C(=O)N[C@H](C=O)Cc1ccc(O)cc1. The second kappa shape index (κ2) is 23.5. The number of para-hydroxylation sites is 1. The zero-order valence-corrected chi connectivity index (χ0v) is 35.0. The van der Waals surface area contributed by atoms with Crippen molar-refractivity contribution >= 4 is 59.4 Å². The van der Waals surface area contributed by atoms with Crippen LogP contribution in [-0.4, -0.2) is 104 Å². The van der Waals surface area contributed by atoms with Crippen LogP contribution in [0.5, 0.6) is 5.75 Å². The van der Waals surface area contributed by atoms with Gasteiger partial charge >= 0.3 is 0 Å². The number of amides is 5. The molecule has 12 N–H and O–H groups in total. The molecule has 18 heteroatoms. The van der Waals surface area contributed by atoms with Crippen molar-refractivity contribution in [3.63, 3.8) is 0 Å². The number of carbonyl (C=O) groups is 6. The van der Waals surface area contributed by atoms with Gasteiger partial charge in [-0.05, 0) is 67.1 Å². The summed E-state index contributed by atoms with van der Waals surface area (Å²) in [5.74, 6) is -3.36. The van der Waals surface area contributed by atoms with Gasteiger partial charge in [-0.2, -0.15) is 12.6 Å². The van der Waals surface area contributed by atoms with Crippen molar-refractivity contribution in [2.24, 2.45) is 11.5 Å². The highest BCUT2D eigenvalue weighted by Crippen LogP contribution is 2.20. The Morgan fingerprint density at radius 1 is 0.694 bits per heavy atom. The van der Waals surface area contributed by atoms with Gasteiger partial charge in [-0.3, -0.25) is 24.0 Å². The van der Waals surface area contributed by atoms with Crippen LogP contribution in [0.4, 0.5) is 0 Å². The van der Waals surface area contributed by atoms with E-state index in [1.165, 1.54) is 24.7 Å². The van der Waals surface area contributed by atoms with Gasteiger partial charge in [0.15, 0.2) is 0 Å². The van der Waals surface area contributed by atoms with Crippen LogP contribution in [0.25, 0.3) is 10.9 Å². The molecule has 2 heterocycles. The normalized spacial score (nSPS) is 14.0. The fraction of sp³-hybridized carbons (Fsp3) is 0.341. The first-order valence-corrected chi connectivity index (χ1v) is 21.0. The van der Waals surface area contributed by atoms with E-state index in [0.29, 0.717) is 42.5 Å². The Kier molecular flexibility index (Phi) is 17.6. The van der Waals surface area contributed by atoms with Crippen molar-refractivity contribution < 1.29 is 33.9 Å². The maximum Gasteiger partial charge on any atom is 0.244 e. The van der Waals surface area contributed by atoms with E-state index in [4.69, 9.17) is 11.5 Å². The number of hydrogen-bond donors (Lipinski definition) is 11. The molecule has 6 atom stereocenters. The van der Waals surface area contributed by atoms with E-state index in [2.05, 4.69) is 54.2 Å². The molecule has 328 valence electrons. The van der Waals surface area contributed by atoms with Crippen molar-refractivity contribution in [1.29, 1.82) is 0 Å². The van der Waals surface area contributed by atoms with Gasteiger partial charge in [0.25, 0.3) is 0 Å². The zero-order chi connectivity index (χ0) is 44.4. The highest BCUT2D eigenvalue weighted by molar-refractivity contribution is 7.80. The molecule has 0 aliphatic carbocycles. The highest BCUT2D eigenvalue weighted by Gasteiger charge is 2.33. The summed E-state index contributed by atoms with van der Waals surface area (Å²) in [5.41, 5.74) is 15.4. The van der Waals surface area contributed by atoms with Crippen LogP contribution in [0.3, 0.4) is 0 Å². The van der Waals surface area contributed by atoms with Crippen LogP contribution in [0.15, 0.2) is 97.6 Å². The average molecular weight is 867 g/mol. The fourth-order valence-corrected chi connectivity index (χ4v) is 7.13. The van der Waals surface area contributed by atoms with E-state index in [-0.39, 0.29) is 43.6 Å². The number of aromatic amines is 2. The van der Waals surface area contributed by atoms with Gasteiger partial charge in [-0.1, -0.05) is 60.7 Å². The smallest absolute Gasteiger partial charge is 0.244 e. The lowest BCUT2D eigenvalue weighted by atomic mass is 10.0. The maximum absolute atomic E-state index is 14.4. The third-order valence-corrected chi connectivity index (χ3v) is 10.6. The zero-order valence-electron chi connectivity index (χ0n) is 34.1. The van der Waals surface area contributed by atoms with Gasteiger partial charge in [0, 0.05) is 54.0 Å². The molecular weight excluding hydrogens is 813 g/mol. The summed E-state index contributed by atoms with van der Waals surface area (Å²) in [7, 11) is 0. The second-order valence-corrected chi connectivity index (χ2v) is 15.3. The molecule has 0 saturated carbocycles. The average Bonchev–Trinajstić information content (AvgIpc) is 3.95. The number of unbranched alkanes of at least 4 members (excludes halogenated alkanes) is 1. The Morgan fingerprint density at radius 2 is 1.31 bits per heavy atom. The van der Waals surface area contributed by atoms with Crippen molar-refractivity contribution in [2.75, 3.05) is 12.3 Å². The van der Waals surface area contributed by atoms with Crippen LogP contribution in [-0.2, 0) is 54.5 Å². The van der Waals surface area contributed by atoms with Gasteiger partial charge in [0.05, 0.1) is 18.4 Å². The number of nitrogens with one attached hydrogen (secondary N) is 7. The third-order valence-electron chi connectivity index (χ3n) is 10.3. The van der Waals surface area contributed by atoms with Crippen molar-refractivity contribution in [3.8, 4) is 5.75 Å². The first-order valence-electron chi connectivity index (χ1n) is 20.4. The summed E-state index contributed by atoms with van der Waals surface area (Å²) in [6.07, 6.45) is 6.81. The lowest BCUT2D eigenvalue weighted by Gasteiger charge is -2.27. The molecule has 0 saturated heterocycles. The number of nitrogens with two attached hydrogens (primary N) is 2. The number of phenols is 1. The molecule has 5 amide bonds. The number of thiol groups is 1. The Morgan fingerprint density at radius 3 is 1.98 bits per heavy atom. The number of hydrogen-bond acceptors (Lipinski definition) is 11. The third kappa shape index (κ3) is 13.8. The van der Waals surface area contributed by atoms with Crippen molar-refractivity contribution in [2.45, 2.75) is 81.2 Å².